The number of benzene rings is 3. The molecule has 0 saturated heterocycles. The molecule has 0 aliphatic carbocycles. The van der Waals surface area contributed by atoms with Crippen LogP contribution in [0.2, 0.25) is 5.02 Å². The molecule has 0 saturated carbocycles. The fourth-order valence-corrected chi connectivity index (χ4v) is 4.00. The first-order chi connectivity index (χ1) is 15.9. The summed E-state index contributed by atoms with van der Waals surface area (Å²) in [7, 11) is 2.01. The van der Waals surface area contributed by atoms with Crippen molar-refractivity contribution in [3.8, 4) is 5.88 Å². The number of aromatic nitrogens is 1. The molecule has 3 aromatic carbocycles. The van der Waals surface area contributed by atoms with E-state index in [0.29, 0.717) is 17.4 Å². The number of anilines is 1. The fourth-order valence-electron chi connectivity index (χ4n) is 3.68. The summed E-state index contributed by atoms with van der Waals surface area (Å²) in [5, 5.41) is 24.1. The number of nitrogens with one attached hydrogen (secondary N) is 1. The number of thiocarbonyl (C=S) groups is 1. The van der Waals surface area contributed by atoms with E-state index in [-0.39, 0.29) is 11.0 Å². The zero-order valence-corrected chi connectivity index (χ0v) is 19.9. The Morgan fingerprint density at radius 1 is 1.06 bits per heavy atom. The van der Waals surface area contributed by atoms with Crippen LogP contribution in [0.4, 0.5) is 11.4 Å². The normalized spacial score (nSPS) is 11.5. The van der Waals surface area contributed by atoms with Crippen molar-refractivity contribution in [2.75, 3.05) is 12.4 Å². The molecular formula is C25H24ClN5OS. The number of fused-ring (bicyclic) bond motifs is 1. The van der Waals surface area contributed by atoms with Crippen LogP contribution in [0, 0.1) is 6.92 Å². The molecule has 0 bridgehead atoms. The van der Waals surface area contributed by atoms with Gasteiger partial charge in [0.1, 0.15) is 0 Å². The molecule has 0 unspecified atom stereocenters. The first kappa shape index (κ1) is 22.9. The smallest absolute Gasteiger partial charge is 0.221 e. The highest BCUT2D eigenvalue weighted by Crippen LogP contribution is 2.39. The molecule has 0 aliphatic heterocycles. The molecule has 1 heterocycles. The second-order valence-corrected chi connectivity index (χ2v) is 8.60. The Morgan fingerprint density at radius 3 is 2.58 bits per heavy atom. The minimum atomic E-state index is 0.0431. The summed E-state index contributed by atoms with van der Waals surface area (Å²) in [6.07, 6.45) is 0. The van der Waals surface area contributed by atoms with Gasteiger partial charge in [-0.15, -0.1) is 10.2 Å². The van der Waals surface area contributed by atoms with Crippen LogP contribution in [0.25, 0.3) is 10.9 Å². The second kappa shape index (κ2) is 10.1. The first-order valence-electron chi connectivity index (χ1n) is 10.4. The summed E-state index contributed by atoms with van der Waals surface area (Å²) < 4.78 is 1.82. The number of rotatable bonds is 6. The van der Waals surface area contributed by atoms with Crippen LogP contribution in [0.1, 0.15) is 11.1 Å². The van der Waals surface area contributed by atoms with Gasteiger partial charge in [0.05, 0.1) is 12.2 Å². The van der Waals surface area contributed by atoms with Crippen LogP contribution in [-0.2, 0) is 13.2 Å². The van der Waals surface area contributed by atoms with Crippen LogP contribution in [0.5, 0.6) is 5.88 Å². The maximum atomic E-state index is 11.0. The maximum absolute atomic E-state index is 11.0. The molecule has 8 heteroatoms. The Labute approximate surface area is 203 Å². The highest BCUT2D eigenvalue weighted by atomic mass is 35.5. The molecule has 168 valence electrons. The van der Waals surface area contributed by atoms with Crippen molar-refractivity contribution >= 4 is 51.2 Å². The van der Waals surface area contributed by atoms with E-state index in [1.807, 2.05) is 79.2 Å². The monoisotopic (exact) mass is 477 g/mol. The van der Waals surface area contributed by atoms with E-state index in [4.69, 9.17) is 23.8 Å². The predicted octanol–water partition coefficient (Wildman–Crippen LogP) is 6.88. The van der Waals surface area contributed by atoms with Crippen molar-refractivity contribution < 1.29 is 5.11 Å². The number of aromatic hydroxyl groups is 1. The van der Waals surface area contributed by atoms with Gasteiger partial charge in [0.15, 0.2) is 5.69 Å². The maximum Gasteiger partial charge on any atom is 0.221 e. The van der Waals surface area contributed by atoms with E-state index in [0.717, 1.165) is 28.7 Å². The Balaban J connectivity index is 1.57. The highest BCUT2D eigenvalue weighted by Gasteiger charge is 2.17. The summed E-state index contributed by atoms with van der Waals surface area (Å²) in [5.41, 5.74) is 4.08. The second-order valence-electron chi connectivity index (χ2n) is 7.80. The van der Waals surface area contributed by atoms with E-state index in [1.54, 1.807) is 0 Å². The van der Waals surface area contributed by atoms with Crippen LogP contribution < -0.4 is 5.32 Å². The number of para-hydroxylation sites is 1. The van der Waals surface area contributed by atoms with E-state index >= 15 is 0 Å². The third kappa shape index (κ3) is 5.22. The molecule has 2 N–H and O–H groups in total. The third-order valence-corrected chi connectivity index (χ3v) is 5.94. The van der Waals surface area contributed by atoms with Gasteiger partial charge in [-0.1, -0.05) is 66.2 Å². The van der Waals surface area contributed by atoms with Crippen LogP contribution in [-0.4, -0.2) is 26.7 Å². The van der Waals surface area contributed by atoms with Gasteiger partial charge in [0, 0.05) is 22.6 Å². The van der Waals surface area contributed by atoms with Crippen molar-refractivity contribution in [2.24, 2.45) is 10.2 Å². The molecule has 0 atom stereocenters. The molecular weight excluding hydrogens is 454 g/mol. The summed E-state index contributed by atoms with van der Waals surface area (Å²) >= 11 is 11.5. The number of azo groups is 1. The quantitative estimate of drug-likeness (QED) is 0.234. The molecule has 0 amide bonds. The lowest BCUT2D eigenvalue weighted by Gasteiger charge is -2.19. The van der Waals surface area contributed by atoms with Gasteiger partial charge in [-0.3, -0.25) is 9.47 Å². The molecule has 4 rings (SSSR count). The van der Waals surface area contributed by atoms with E-state index in [2.05, 4.69) is 32.6 Å². The van der Waals surface area contributed by atoms with E-state index in [1.165, 1.54) is 5.56 Å². The number of halogens is 1. The average Bonchev–Trinajstić information content (AvgIpc) is 3.07. The zero-order valence-electron chi connectivity index (χ0n) is 18.4. The largest absolute Gasteiger partial charge is 0.493 e. The van der Waals surface area contributed by atoms with Crippen LogP contribution in [0.15, 0.2) is 83.0 Å². The summed E-state index contributed by atoms with van der Waals surface area (Å²) in [6, 6.07) is 23.4. The van der Waals surface area contributed by atoms with E-state index in [9.17, 15) is 5.11 Å². The SMILES string of the molecule is Cc1c(Cl)cccc1NC(=S)N=Nc1c(O)n(CN(C)Cc2ccccc2)c2ccccc12. The van der Waals surface area contributed by atoms with Gasteiger partial charge in [0.25, 0.3) is 0 Å². The van der Waals surface area contributed by atoms with Crippen LogP contribution >= 0.6 is 23.8 Å². The fraction of sp³-hybridized carbons (Fsp3) is 0.160. The molecule has 0 spiro atoms. The Hall–Kier alpha value is -3.26. The third-order valence-electron chi connectivity index (χ3n) is 5.35. The predicted molar refractivity (Wildman–Crippen MR) is 138 cm³/mol. The van der Waals surface area contributed by atoms with Crippen molar-refractivity contribution in [1.29, 1.82) is 0 Å². The Morgan fingerprint density at radius 2 is 1.79 bits per heavy atom. The van der Waals surface area contributed by atoms with Gasteiger partial charge in [-0.05, 0) is 55.5 Å². The van der Waals surface area contributed by atoms with Crippen molar-refractivity contribution in [1.82, 2.24) is 9.47 Å². The van der Waals surface area contributed by atoms with Crippen molar-refractivity contribution in [3.05, 3.63) is 88.9 Å². The molecule has 0 fully saturated rings. The molecule has 1 aromatic heterocycles. The van der Waals surface area contributed by atoms with Crippen molar-refractivity contribution in [3.63, 3.8) is 0 Å². The van der Waals surface area contributed by atoms with Gasteiger partial charge >= 0.3 is 0 Å². The number of nitrogens with zero attached hydrogens (tertiary/aromatic N) is 4. The van der Waals surface area contributed by atoms with Gasteiger partial charge < -0.3 is 10.4 Å². The number of hydrogen-bond donors (Lipinski definition) is 2. The molecule has 6 nitrogen and oxygen atoms in total. The Kier molecular flexibility index (Phi) is 7.03. The summed E-state index contributed by atoms with van der Waals surface area (Å²) in [4.78, 5) is 2.12. The first-order valence-corrected chi connectivity index (χ1v) is 11.2. The summed E-state index contributed by atoms with van der Waals surface area (Å²) in [5.74, 6) is 0.0431. The van der Waals surface area contributed by atoms with Crippen molar-refractivity contribution in [2.45, 2.75) is 20.1 Å². The molecule has 33 heavy (non-hydrogen) atoms. The molecule has 4 aromatic rings. The zero-order chi connectivity index (χ0) is 23.4. The van der Waals surface area contributed by atoms with E-state index < -0.39 is 0 Å². The lowest BCUT2D eigenvalue weighted by atomic mass is 10.2. The van der Waals surface area contributed by atoms with Gasteiger partial charge in [-0.25, -0.2) is 0 Å². The van der Waals surface area contributed by atoms with Gasteiger partial charge in [0.2, 0.25) is 11.0 Å². The number of hydrogen-bond acceptors (Lipinski definition) is 4. The standard InChI is InChI=1S/C25H24ClN5OS/c1-17-20(26)12-8-13-21(17)27-25(33)29-28-23-19-11-6-7-14-22(19)31(24(23)32)16-30(2)15-18-9-4-3-5-10-18/h3-14,32H,15-16H2,1-2H3,(H,27,33). The lowest BCUT2D eigenvalue weighted by molar-refractivity contribution is 0.249. The average molecular weight is 478 g/mol. The minimum Gasteiger partial charge on any atom is -0.493 e. The Bertz CT molecular complexity index is 1320. The lowest BCUT2D eigenvalue weighted by Crippen LogP contribution is -2.21. The summed E-state index contributed by atoms with van der Waals surface area (Å²) in [6.45, 7) is 3.13. The van der Waals surface area contributed by atoms with Crippen LogP contribution in [0.3, 0.4) is 0 Å². The topological polar surface area (TPSA) is 65.2 Å². The highest BCUT2D eigenvalue weighted by molar-refractivity contribution is 7.80. The molecule has 0 aliphatic rings. The van der Waals surface area contributed by atoms with Gasteiger partial charge in [-0.2, -0.15) is 0 Å². The molecule has 0 radical (unpaired) electrons. The minimum absolute atomic E-state index is 0.0431.